The molecule has 6 heteroatoms. The number of nitriles is 1. The Morgan fingerprint density at radius 3 is 2.68 bits per heavy atom. The highest BCUT2D eigenvalue weighted by Gasteiger charge is 2.02. The molecule has 2 rings (SSSR count). The summed E-state index contributed by atoms with van der Waals surface area (Å²) in [7, 11) is 0. The predicted octanol–water partition coefficient (Wildman–Crippen LogP) is 2.37. The van der Waals surface area contributed by atoms with Gasteiger partial charge in [-0.2, -0.15) is 5.26 Å². The van der Waals surface area contributed by atoms with Crippen LogP contribution >= 0.6 is 11.3 Å². The minimum absolute atomic E-state index is 0.263. The molecule has 0 spiro atoms. The van der Waals surface area contributed by atoms with Crippen LogP contribution in [0.15, 0.2) is 30.3 Å². The van der Waals surface area contributed by atoms with Crippen LogP contribution in [-0.2, 0) is 4.79 Å². The highest BCUT2D eigenvalue weighted by molar-refractivity contribution is 7.15. The molecule has 2 aromatic rings. The lowest BCUT2D eigenvalue weighted by Gasteiger charge is -1.95. The van der Waals surface area contributed by atoms with E-state index < -0.39 is 0 Å². The van der Waals surface area contributed by atoms with Crippen molar-refractivity contribution in [3.05, 3.63) is 46.5 Å². The van der Waals surface area contributed by atoms with Crippen molar-refractivity contribution in [2.75, 3.05) is 5.32 Å². The van der Waals surface area contributed by atoms with E-state index in [2.05, 4.69) is 15.5 Å². The van der Waals surface area contributed by atoms with Crippen LogP contribution < -0.4 is 5.32 Å². The molecule has 0 bridgehead atoms. The maximum absolute atomic E-state index is 11.6. The summed E-state index contributed by atoms with van der Waals surface area (Å²) < 4.78 is 0. The highest BCUT2D eigenvalue weighted by atomic mass is 32.1. The van der Waals surface area contributed by atoms with E-state index >= 15 is 0 Å². The van der Waals surface area contributed by atoms with Crippen LogP contribution in [0.4, 0.5) is 5.13 Å². The van der Waals surface area contributed by atoms with Gasteiger partial charge in [0.05, 0.1) is 11.6 Å². The Labute approximate surface area is 114 Å². The Balaban J connectivity index is 1.97. The molecule has 1 amide bonds. The molecule has 1 aromatic heterocycles. The number of benzene rings is 1. The second-order valence-electron chi connectivity index (χ2n) is 3.68. The summed E-state index contributed by atoms with van der Waals surface area (Å²) in [5.74, 6) is -0.263. The van der Waals surface area contributed by atoms with Crippen LogP contribution in [0.3, 0.4) is 0 Å². The fourth-order valence-electron chi connectivity index (χ4n) is 1.33. The van der Waals surface area contributed by atoms with Gasteiger partial charge in [-0.25, -0.2) is 0 Å². The number of rotatable bonds is 3. The molecule has 0 aliphatic rings. The standard InChI is InChI=1S/C13H10N4OS/c1-9-16-17-13(19-9)15-12(18)7-6-10-2-4-11(8-14)5-3-10/h2-7H,1H3,(H,15,17,18)/b7-6+. The Kier molecular flexibility index (Phi) is 4.00. The molecule has 0 atom stereocenters. The lowest BCUT2D eigenvalue weighted by atomic mass is 10.1. The number of nitrogens with one attached hydrogen (secondary N) is 1. The molecular weight excluding hydrogens is 260 g/mol. The van der Waals surface area contributed by atoms with Gasteiger partial charge in [0.1, 0.15) is 5.01 Å². The smallest absolute Gasteiger partial charge is 0.250 e. The van der Waals surface area contributed by atoms with Crippen molar-refractivity contribution in [2.24, 2.45) is 0 Å². The molecule has 0 unspecified atom stereocenters. The zero-order valence-electron chi connectivity index (χ0n) is 10.1. The van der Waals surface area contributed by atoms with Gasteiger partial charge in [-0.1, -0.05) is 23.5 Å². The normalized spacial score (nSPS) is 10.3. The number of carbonyl (C=O) groups excluding carboxylic acids is 1. The van der Waals surface area contributed by atoms with Crippen LogP contribution in [0, 0.1) is 18.3 Å². The predicted molar refractivity (Wildman–Crippen MR) is 73.5 cm³/mol. The van der Waals surface area contributed by atoms with Crippen LogP contribution in [0.5, 0.6) is 0 Å². The second kappa shape index (κ2) is 5.89. The number of amides is 1. The van der Waals surface area contributed by atoms with Gasteiger partial charge in [-0.15, -0.1) is 10.2 Å². The highest BCUT2D eigenvalue weighted by Crippen LogP contribution is 2.13. The largest absolute Gasteiger partial charge is 0.297 e. The van der Waals surface area contributed by atoms with Gasteiger partial charge in [-0.3, -0.25) is 10.1 Å². The maximum Gasteiger partial charge on any atom is 0.250 e. The average Bonchev–Trinajstić information content (AvgIpc) is 2.82. The van der Waals surface area contributed by atoms with Gasteiger partial charge in [0, 0.05) is 6.08 Å². The van der Waals surface area contributed by atoms with E-state index in [0.717, 1.165) is 10.6 Å². The molecule has 0 saturated carbocycles. The van der Waals surface area contributed by atoms with Gasteiger partial charge in [0.25, 0.3) is 0 Å². The Bertz CT molecular complexity index is 652. The van der Waals surface area contributed by atoms with E-state index in [1.54, 1.807) is 30.3 Å². The summed E-state index contributed by atoms with van der Waals surface area (Å²) in [4.78, 5) is 11.6. The molecule has 0 radical (unpaired) electrons. The molecule has 5 nitrogen and oxygen atoms in total. The van der Waals surface area contributed by atoms with Gasteiger partial charge in [0.15, 0.2) is 0 Å². The van der Waals surface area contributed by atoms with Gasteiger partial charge >= 0.3 is 0 Å². The zero-order chi connectivity index (χ0) is 13.7. The first kappa shape index (κ1) is 12.9. The van der Waals surface area contributed by atoms with Crippen LogP contribution in [0.1, 0.15) is 16.1 Å². The Morgan fingerprint density at radius 1 is 1.37 bits per heavy atom. The van der Waals surface area contributed by atoms with Crippen molar-refractivity contribution >= 4 is 28.5 Å². The average molecular weight is 270 g/mol. The Morgan fingerprint density at radius 2 is 2.11 bits per heavy atom. The first-order chi connectivity index (χ1) is 9.17. The van der Waals surface area contributed by atoms with E-state index in [0.29, 0.717) is 10.7 Å². The number of aryl methyl sites for hydroxylation is 1. The summed E-state index contributed by atoms with van der Waals surface area (Å²) in [6.45, 7) is 1.82. The zero-order valence-corrected chi connectivity index (χ0v) is 10.9. The third kappa shape index (κ3) is 3.72. The van der Waals surface area contributed by atoms with Gasteiger partial charge < -0.3 is 0 Å². The van der Waals surface area contributed by atoms with E-state index in [-0.39, 0.29) is 5.91 Å². The molecule has 0 fully saturated rings. The van der Waals surface area contributed by atoms with Crippen molar-refractivity contribution in [1.29, 1.82) is 5.26 Å². The van der Waals surface area contributed by atoms with E-state index in [1.807, 2.05) is 13.0 Å². The fraction of sp³-hybridized carbons (Fsp3) is 0.0769. The van der Waals surface area contributed by atoms with Gasteiger partial charge in [0.2, 0.25) is 11.0 Å². The number of nitrogens with zero attached hydrogens (tertiary/aromatic N) is 3. The molecule has 1 heterocycles. The monoisotopic (exact) mass is 270 g/mol. The number of carbonyl (C=O) groups is 1. The number of hydrogen-bond acceptors (Lipinski definition) is 5. The van der Waals surface area contributed by atoms with Crippen LogP contribution in [0.2, 0.25) is 0 Å². The molecular formula is C13H10N4OS. The molecule has 0 aliphatic heterocycles. The number of aromatic nitrogens is 2. The third-order valence-electron chi connectivity index (χ3n) is 2.22. The lowest BCUT2D eigenvalue weighted by Crippen LogP contribution is -2.07. The van der Waals surface area contributed by atoms with Crippen molar-refractivity contribution in [2.45, 2.75) is 6.92 Å². The lowest BCUT2D eigenvalue weighted by molar-refractivity contribution is -0.111. The van der Waals surface area contributed by atoms with Crippen molar-refractivity contribution in [1.82, 2.24) is 10.2 Å². The fourth-order valence-corrected chi connectivity index (χ4v) is 1.93. The third-order valence-corrected chi connectivity index (χ3v) is 2.98. The van der Waals surface area contributed by atoms with Crippen molar-refractivity contribution < 1.29 is 4.79 Å². The maximum atomic E-state index is 11.6. The van der Waals surface area contributed by atoms with Gasteiger partial charge in [-0.05, 0) is 30.7 Å². The molecule has 1 N–H and O–H groups in total. The van der Waals surface area contributed by atoms with E-state index in [9.17, 15) is 4.79 Å². The van der Waals surface area contributed by atoms with Crippen molar-refractivity contribution in [3.63, 3.8) is 0 Å². The topological polar surface area (TPSA) is 78.7 Å². The number of hydrogen-bond donors (Lipinski definition) is 1. The van der Waals surface area contributed by atoms with Crippen molar-refractivity contribution in [3.8, 4) is 6.07 Å². The minimum Gasteiger partial charge on any atom is -0.297 e. The molecule has 0 saturated heterocycles. The molecule has 94 valence electrons. The first-order valence-corrected chi connectivity index (χ1v) is 6.28. The first-order valence-electron chi connectivity index (χ1n) is 5.47. The van der Waals surface area contributed by atoms with Crippen LogP contribution in [-0.4, -0.2) is 16.1 Å². The summed E-state index contributed by atoms with van der Waals surface area (Å²) >= 11 is 1.32. The number of anilines is 1. The quantitative estimate of drug-likeness (QED) is 0.868. The Hall–Kier alpha value is -2.52. The summed E-state index contributed by atoms with van der Waals surface area (Å²) in [5.41, 5.74) is 1.44. The second-order valence-corrected chi connectivity index (χ2v) is 4.86. The van der Waals surface area contributed by atoms with Crippen LogP contribution in [0.25, 0.3) is 6.08 Å². The summed E-state index contributed by atoms with van der Waals surface area (Å²) in [5, 5.41) is 20.2. The molecule has 1 aromatic carbocycles. The molecule has 0 aliphatic carbocycles. The SMILES string of the molecule is Cc1nnc(NC(=O)/C=C/c2ccc(C#N)cc2)s1. The summed E-state index contributed by atoms with van der Waals surface area (Å²) in [6, 6.07) is 8.99. The summed E-state index contributed by atoms with van der Waals surface area (Å²) in [6.07, 6.45) is 3.09. The van der Waals surface area contributed by atoms with E-state index in [1.165, 1.54) is 17.4 Å². The minimum atomic E-state index is -0.263. The molecule has 19 heavy (non-hydrogen) atoms. The van der Waals surface area contributed by atoms with E-state index in [4.69, 9.17) is 5.26 Å².